The number of hydrogen-bond donors (Lipinski definition) is 1. The van der Waals surface area contributed by atoms with Gasteiger partial charge >= 0.3 is 0 Å². The molecule has 11 heavy (non-hydrogen) atoms. The van der Waals surface area contributed by atoms with Gasteiger partial charge in [-0.05, 0) is 11.4 Å². The van der Waals surface area contributed by atoms with Crippen molar-refractivity contribution < 1.29 is 8.42 Å². The van der Waals surface area contributed by atoms with Gasteiger partial charge in [-0.2, -0.15) is 0 Å². The van der Waals surface area contributed by atoms with Crippen LogP contribution in [0.25, 0.3) is 10.4 Å². The highest BCUT2D eigenvalue weighted by molar-refractivity contribution is 7.88. The van der Waals surface area contributed by atoms with Gasteiger partial charge in [0.2, 0.25) is 0 Å². The second kappa shape index (κ2) is 4.17. The van der Waals surface area contributed by atoms with Crippen LogP contribution in [0, 0.1) is 5.92 Å². The first-order chi connectivity index (χ1) is 4.98. The van der Waals surface area contributed by atoms with E-state index in [-0.39, 0.29) is 12.5 Å². The minimum absolute atomic E-state index is 0.193. The van der Waals surface area contributed by atoms with Crippen LogP contribution in [0.1, 0.15) is 13.8 Å². The van der Waals surface area contributed by atoms with Crippen LogP contribution in [0.5, 0.6) is 0 Å². The first-order valence-corrected chi connectivity index (χ1v) is 4.48. The summed E-state index contributed by atoms with van der Waals surface area (Å²) >= 11 is 0. The Hall–Kier alpha value is -0.780. The molecule has 0 saturated carbocycles. The van der Waals surface area contributed by atoms with Crippen LogP contribution < -0.4 is 4.72 Å². The van der Waals surface area contributed by atoms with Gasteiger partial charge in [0.15, 0.2) is 0 Å². The highest BCUT2D eigenvalue weighted by Crippen LogP contribution is 1.91. The van der Waals surface area contributed by atoms with Crippen LogP contribution in [0.4, 0.5) is 0 Å². The highest BCUT2D eigenvalue weighted by Gasteiger charge is 2.05. The molecule has 0 atom stereocenters. The summed E-state index contributed by atoms with van der Waals surface area (Å²) < 4.78 is 25.9. The lowest BCUT2D eigenvalue weighted by Crippen LogP contribution is -2.25. The third kappa shape index (κ3) is 5.65. The van der Waals surface area contributed by atoms with Crippen molar-refractivity contribution in [2.75, 3.05) is 6.54 Å². The first-order valence-electron chi connectivity index (χ1n) is 3.04. The number of hydrogen-bond acceptors (Lipinski definition) is 2. The summed E-state index contributed by atoms with van der Waals surface area (Å²) in [6.45, 7) is 3.97. The molecule has 0 aromatic rings. The molecule has 0 fully saturated rings. The third-order valence-electron chi connectivity index (χ3n) is 0.818. The summed E-state index contributed by atoms with van der Waals surface area (Å²) in [6.07, 6.45) is 0. The lowest BCUT2D eigenvalue weighted by Gasteiger charge is -2.02. The van der Waals surface area contributed by atoms with Crippen molar-refractivity contribution >= 4 is 10.2 Å². The van der Waals surface area contributed by atoms with Gasteiger partial charge in [0.25, 0.3) is 10.2 Å². The zero-order valence-corrected chi connectivity index (χ0v) is 7.17. The Kier molecular flexibility index (Phi) is 3.88. The largest absolute Gasteiger partial charge is 0.300 e. The van der Waals surface area contributed by atoms with E-state index in [2.05, 4.69) is 14.2 Å². The molecule has 6 nitrogen and oxygen atoms in total. The van der Waals surface area contributed by atoms with E-state index < -0.39 is 10.2 Å². The van der Waals surface area contributed by atoms with Crippen LogP contribution in [-0.4, -0.2) is 15.0 Å². The summed E-state index contributed by atoms with van der Waals surface area (Å²) in [6, 6.07) is 0. The van der Waals surface area contributed by atoms with E-state index in [0.717, 1.165) is 0 Å². The Bertz CT molecular complexity index is 251. The smallest absolute Gasteiger partial charge is 0.208 e. The molecule has 0 radical (unpaired) electrons. The first kappa shape index (κ1) is 10.2. The summed E-state index contributed by atoms with van der Waals surface area (Å²) in [5.74, 6) is 0.193. The molecule has 7 heteroatoms. The maximum absolute atomic E-state index is 10.6. The molecule has 0 rings (SSSR count). The molecule has 64 valence electrons. The maximum atomic E-state index is 10.6. The number of nitrogens with one attached hydrogen (secondary N) is 1. The molecule has 0 amide bonds. The fraction of sp³-hybridized carbons (Fsp3) is 1.00. The second-order valence-corrected chi connectivity index (χ2v) is 3.79. The lowest BCUT2D eigenvalue weighted by molar-refractivity contribution is 0.561. The van der Waals surface area contributed by atoms with Gasteiger partial charge in [0, 0.05) is 16.0 Å². The van der Waals surface area contributed by atoms with Crippen molar-refractivity contribution in [1.82, 2.24) is 4.72 Å². The van der Waals surface area contributed by atoms with E-state index in [1.165, 1.54) is 0 Å². The number of azide groups is 1. The van der Waals surface area contributed by atoms with Crippen LogP contribution >= 0.6 is 0 Å². The summed E-state index contributed by atoms with van der Waals surface area (Å²) in [5.41, 5.74) is 7.81. The summed E-state index contributed by atoms with van der Waals surface area (Å²) in [7, 11) is -3.77. The molecule has 0 saturated heterocycles. The van der Waals surface area contributed by atoms with Crippen molar-refractivity contribution in [3.63, 3.8) is 0 Å². The lowest BCUT2D eigenvalue weighted by atomic mass is 10.2. The predicted molar refractivity (Wildman–Crippen MR) is 40.9 cm³/mol. The molecular formula is C4H10N4O2S. The maximum Gasteiger partial charge on any atom is 0.300 e. The predicted octanol–water partition coefficient (Wildman–Crippen LogP) is 0.787. The Morgan fingerprint density at radius 3 is 2.55 bits per heavy atom. The molecule has 1 N–H and O–H groups in total. The monoisotopic (exact) mass is 178 g/mol. The fourth-order valence-electron chi connectivity index (χ4n) is 0.349. The van der Waals surface area contributed by atoms with Crippen LogP contribution in [0.3, 0.4) is 0 Å². The van der Waals surface area contributed by atoms with E-state index in [1.807, 2.05) is 13.8 Å². The molecule has 0 heterocycles. The van der Waals surface area contributed by atoms with Crippen molar-refractivity contribution in [2.24, 2.45) is 10.4 Å². The molecule has 0 bridgehead atoms. The molecule has 0 aliphatic rings. The molecule has 0 aliphatic carbocycles. The van der Waals surface area contributed by atoms with Crippen LogP contribution in [-0.2, 0) is 10.2 Å². The van der Waals surface area contributed by atoms with E-state index in [1.54, 1.807) is 0 Å². The van der Waals surface area contributed by atoms with E-state index in [9.17, 15) is 8.42 Å². The van der Waals surface area contributed by atoms with Crippen molar-refractivity contribution in [2.45, 2.75) is 13.8 Å². The quantitative estimate of drug-likeness (QED) is 0.391. The zero-order chi connectivity index (χ0) is 8.91. The Morgan fingerprint density at radius 1 is 1.64 bits per heavy atom. The van der Waals surface area contributed by atoms with Crippen LogP contribution in [0.2, 0.25) is 0 Å². The molecule has 0 aromatic heterocycles. The minimum Gasteiger partial charge on any atom is -0.208 e. The number of rotatable bonds is 4. The fourth-order valence-corrected chi connectivity index (χ4v) is 1.05. The van der Waals surface area contributed by atoms with Gasteiger partial charge in [-0.25, -0.2) is 13.1 Å². The van der Waals surface area contributed by atoms with Gasteiger partial charge in [0.1, 0.15) is 0 Å². The topological polar surface area (TPSA) is 94.9 Å². The Balaban J connectivity index is 4.05. The van der Waals surface area contributed by atoms with E-state index in [4.69, 9.17) is 5.53 Å². The van der Waals surface area contributed by atoms with Crippen molar-refractivity contribution in [3.05, 3.63) is 10.4 Å². The normalized spacial score (nSPS) is 11.2. The van der Waals surface area contributed by atoms with Gasteiger partial charge in [0.05, 0.1) is 0 Å². The molecular weight excluding hydrogens is 168 g/mol. The van der Waals surface area contributed by atoms with E-state index >= 15 is 0 Å². The summed E-state index contributed by atoms with van der Waals surface area (Å²) in [4.78, 5) is 2.16. The van der Waals surface area contributed by atoms with E-state index in [0.29, 0.717) is 0 Å². The van der Waals surface area contributed by atoms with Gasteiger partial charge in [-0.3, -0.25) is 0 Å². The SMILES string of the molecule is CC(C)CNS(=O)(=O)N=[N+]=[N-]. The second-order valence-electron chi connectivity index (χ2n) is 2.39. The summed E-state index contributed by atoms with van der Waals surface area (Å²) in [5, 5.41) is 0. The average Bonchev–Trinajstić information content (AvgIpc) is 1.84. The van der Waals surface area contributed by atoms with Gasteiger partial charge < -0.3 is 0 Å². The van der Waals surface area contributed by atoms with Crippen molar-refractivity contribution in [1.29, 1.82) is 0 Å². The average molecular weight is 178 g/mol. The van der Waals surface area contributed by atoms with Crippen LogP contribution in [0.15, 0.2) is 4.52 Å². The standard InChI is InChI=1S/C4H10N4O2S/c1-4(2)3-6-11(9,10)8-7-5/h4,6H,3H2,1-2H3. The Labute approximate surface area is 65.4 Å². The minimum atomic E-state index is -3.77. The third-order valence-corrected chi connectivity index (χ3v) is 1.64. The molecule has 0 aliphatic heterocycles. The van der Waals surface area contributed by atoms with Gasteiger partial charge in [-0.15, -0.1) is 0 Å². The number of nitrogens with zero attached hydrogens (tertiary/aromatic N) is 3. The van der Waals surface area contributed by atoms with Crippen molar-refractivity contribution in [3.8, 4) is 0 Å². The molecule has 0 spiro atoms. The highest BCUT2D eigenvalue weighted by atomic mass is 32.2. The molecule has 0 unspecified atom stereocenters. The van der Waals surface area contributed by atoms with Gasteiger partial charge in [-0.1, -0.05) is 13.8 Å². The molecule has 0 aromatic carbocycles. The zero-order valence-electron chi connectivity index (χ0n) is 6.35. The Morgan fingerprint density at radius 2 is 2.18 bits per heavy atom.